The monoisotopic (exact) mass is 811 g/mol. The van der Waals surface area contributed by atoms with Gasteiger partial charge in [0.15, 0.2) is 0 Å². The Morgan fingerprint density at radius 3 is 2.21 bits per heavy atom. The maximum absolute atomic E-state index is 14.4. The van der Waals surface area contributed by atoms with E-state index in [9.17, 15) is 24.3 Å². The van der Waals surface area contributed by atoms with E-state index in [0.717, 1.165) is 51.4 Å². The summed E-state index contributed by atoms with van der Waals surface area (Å²) in [5.74, 6) is 1.06. The average Bonchev–Trinajstić information content (AvgIpc) is 3.48. The molecule has 1 saturated heterocycles. The molecule has 11 atom stereocenters. The first-order valence-electron chi connectivity index (χ1n) is 22.6. The minimum atomic E-state index is -1.16. The highest BCUT2D eigenvalue weighted by atomic mass is 16.6. The van der Waals surface area contributed by atoms with Crippen LogP contribution in [0, 0.1) is 62.1 Å². The third-order valence-corrected chi connectivity index (χ3v) is 17.8. The van der Waals surface area contributed by atoms with Crippen molar-refractivity contribution in [2.75, 3.05) is 33.3 Å². The number of hydrogen-bond acceptors (Lipinski definition) is 7. The lowest BCUT2D eigenvalue weighted by atomic mass is 9.32. The molecule has 0 spiro atoms. The van der Waals surface area contributed by atoms with Crippen molar-refractivity contribution in [1.29, 1.82) is 0 Å². The summed E-state index contributed by atoms with van der Waals surface area (Å²) in [7, 11) is 1.90. The number of hydrogen-bond donors (Lipinski definition) is 1. The van der Waals surface area contributed by atoms with E-state index in [4.69, 9.17) is 14.2 Å². The minimum Gasteiger partial charge on any atom is -0.481 e. The number of carbonyl (C=O) groups is 4. The van der Waals surface area contributed by atoms with Crippen LogP contribution in [0.4, 0.5) is 4.79 Å². The van der Waals surface area contributed by atoms with Gasteiger partial charge in [0, 0.05) is 32.0 Å². The second-order valence-electron chi connectivity index (χ2n) is 23.1. The molecular weight excluding hydrogens is 733 g/mol. The number of esters is 1. The van der Waals surface area contributed by atoms with Crippen LogP contribution in [0.1, 0.15) is 153 Å². The van der Waals surface area contributed by atoms with Crippen LogP contribution in [0.5, 0.6) is 0 Å². The predicted molar refractivity (Wildman–Crippen MR) is 225 cm³/mol. The smallest absolute Gasteiger partial charge is 0.410 e. The molecule has 6 aliphatic rings. The highest BCUT2D eigenvalue weighted by Crippen LogP contribution is 2.78. The molecule has 5 aliphatic carbocycles. The van der Waals surface area contributed by atoms with Crippen LogP contribution in [0.25, 0.3) is 0 Å². The maximum atomic E-state index is 14.4. The Morgan fingerprint density at radius 2 is 1.57 bits per heavy atom. The molecule has 5 saturated carbocycles. The van der Waals surface area contributed by atoms with Gasteiger partial charge in [-0.05, 0) is 157 Å². The summed E-state index contributed by atoms with van der Waals surface area (Å²) < 4.78 is 17.9. The van der Waals surface area contributed by atoms with Crippen molar-refractivity contribution in [1.82, 2.24) is 9.80 Å². The van der Waals surface area contributed by atoms with Crippen LogP contribution in [0.15, 0.2) is 12.2 Å². The quantitative estimate of drug-likeness (QED) is 0.181. The van der Waals surface area contributed by atoms with Gasteiger partial charge in [-0.25, -0.2) is 4.79 Å². The van der Waals surface area contributed by atoms with Crippen molar-refractivity contribution in [3.63, 3.8) is 0 Å². The van der Waals surface area contributed by atoms with Gasteiger partial charge in [0.2, 0.25) is 5.91 Å². The SMILES string of the molecule is C=C(C)[C@@H]1CC[C@]2(CC(=O)N(C)CC3CN(C(=O)OC(C)(C)C)CCO3)CC[C@]3(C)[C@H](CCC4[C@@]5(C)CC[C@H](OC(=O)CC(C)(C)C(=O)O)C(C)(C)C5CC[C@]43C)[C@@H]12. The maximum Gasteiger partial charge on any atom is 0.410 e. The zero-order chi connectivity index (χ0) is 43.0. The summed E-state index contributed by atoms with van der Waals surface area (Å²) in [4.78, 5) is 55.7. The number of aliphatic carboxylic acids is 1. The molecule has 58 heavy (non-hydrogen) atoms. The summed E-state index contributed by atoms with van der Waals surface area (Å²) in [6, 6.07) is 0. The van der Waals surface area contributed by atoms with Gasteiger partial charge in [-0.1, -0.05) is 46.8 Å². The number of morpholine rings is 1. The third kappa shape index (κ3) is 7.76. The third-order valence-electron chi connectivity index (χ3n) is 17.8. The number of ether oxygens (including phenoxy) is 3. The van der Waals surface area contributed by atoms with Gasteiger partial charge >= 0.3 is 18.0 Å². The van der Waals surface area contributed by atoms with Gasteiger partial charge in [-0.15, -0.1) is 0 Å². The lowest BCUT2D eigenvalue weighted by molar-refractivity contribution is -0.250. The fourth-order valence-corrected chi connectivity index (χ4v) is 14.6. The van der Waals surface area contributed by atoms with Crippen LogP contribution in [0.3, 0.4) is 0 Å². The first-order chi connectivity index (χ1) is 26.7. The number of carboxylic acid groups (broad SMARTS) is 1. The van der Waals surface area contributed by atoms with Gasteiger partial charge in [0.25, 0.3) is 0 Å². The molecule has 3 unspecified atom stereocenters. The molecule has 1 aliphatic heterocycles. The number of nitrogens with zero attached hydrogens (tertiary/aromatic N) is 2. The molecule has 1 heterocycles. The predicted octanol–water partition coefficient (Wildman–Crippen LogP) is 9.54. The molecule has 0 bridgehead atoms. The van der Waals surface area contributed by atoms with Gasteiger partial charge in [0.05, 0.1) is 31.1 Å². The number of amides is 2. The molecule has 0 radical (unpaired) electrons. The van der Waals surface area contributed by atoms with Crippen LogP contribution in [0.2, 0.25) is 0 Å². The molecule has 2 amide bonds. The zero-order valence-corrected chi connectivity index (χ0v) is 38.3. The van der Waals surface area contributed by atoms with Crippen LogP contribution in [-0.4, -0.2) is 89.9 Å². The normalized spacial score (nSPS) is 39.6. The van der Waals surface area contributed by atoms with Crippen LogP contribution >= 0.6 is 0 Å². The van der Waals surface area contributed by atoms with Crippen LogP contribution < -0.4 is 0 Å². The van der Waals surface area contributed by atoms with Gasteiger partial charge in [-0.3, -0.25) is 14.4 Å². The molecule has 6 fully saturated rings. The van der Waals surface area contributed by atoms with Crippen molar-refractivity contribution in [3.05, 3.63) is 12.2 Å². The summed E-state index contributed by atoms with van der Waals surface area (Å²) in [6.45, 7) is 29.7. The number of fused-ring (bicyclic) bond motifs is 7. The van der Waals surface area contributed by atoms with E-state index in [-0.39, 0.29) is 57.7 Å². The fraction of sp³-hybridized carbons (Fsp3) is 0.875. The van der Waals surface area contributed by atoms with E-state index >= 15 is 0 Å². The van der Waals surface area contributed by atoms with E-state index in [2.05, 4.69) is 48.1 Å². The second kappa shape index (κ2) is 15.4. The van der Waals surface area contributed by atoms with Crippen molar-refractivity contribution in [2.24, 2.45) is 62.1 Å². The van der Waals surface area contributed by atoms with E-state index in [1.54, 1.807) is 18.7 Å². The van der Waals surface area contributed by atoms with Crippen molar-refractivity contribution in [2.45, 2.75) is 171 Å². The van der Waals surface area contributed by atoms with Gasteiger partial charge in [0.1, 0.15) is 11.7 Å². The highest BCUT2D eigenvalue weighted by Gasteiger charge is 2.71. The van der Waals surface area contributed by atoms with E-state index in [1.165, 1.54) is 18.4 Å². The van der Waals surface area contributed by atoms with E-state index in [0.29, 0.717) is 62.3 Å². The number of carbonyl (C=O) groups excluding carboxylic acids is 3. The van der Waals surface area contributed by atoms with Crippen molar-refractivity contribution in [3.8, 4) is 0 Å². The molecule has 0 aromatic rings. The largest absolute Gasteiger partial charge is 0.481 e. The first kappa shape index (κ1) is 44.9. The minimum absolute atomic E-state index is 0.0570. The molecule has 1 N–H and O–H groups in total. The van der Waals surface area contributed by atoms with Crippen LogP contribution in [-0.2, 0) is 28.6 Å². The second-order valence-corrected chi connectivity index (χ2v) is 23.1. The number of likely N-dealkylation sites (N-methyl/N-ethyl adjacent to an activating group) is 1. The van der Waals surface area contributed by atoms with E-state index in [1.807, 2.05) is 32.7 Å². The topological polar surface area (TPSA) is 123 Å². The lowest BCUT2D eigenvalue weighted by Crippen LogP contribution is -2.67. The Hall–Kier alpha value is -2.62. The number of rotatable bonds is 9. The molecule has 10 nitrogen and oxygen atoms in total. The zero-order valence-electron chi connectivity index (χ0n) is 38.3. The number of allylic oxidation sites excluding steroid dienone is 1. The van der Waals surface area contributed by atoms with Crippen molar-refractivity contribution < 1.29 is 38.5 Å². The molecule has 0 aromatic carbocycles. The van der Waals surface area contributed by atoms with Crippen molar-refractivity contribution >= 4 is 23.9 Å². The molecule has 0 aromatic heterocycles. The summed E-state index contributed by atoms with van der Waals surface area (Å²) in [5, 5.41) is 9.65. The van der Waals surface area contributed by atoms with Gasteiger partial charge in [-0.2, -0.15) is 0 Å². The summed E-state index contributed by atoms with van der Waals surface area (Å²) >= 11 is 0. The summed E-state index contributed by atoms with van der Waals surface area (Å²) in [5.41, 5.74) is -0.384. The fourth-order valence-electron chi connectivity index (χ4n) is 14.6. The Labute approximate surface area is 349 Å². The summed E-state index contributed by atoms with van der Waals surface area (Å²) in [6.07, 6.45) is 10.3. The number of carboxylic acids is 1. The standard InChI is InChI=1S/C48H78N2O8/c1-30(2)32-16-21-48(26-37(51)49(13)28-31-29-50(24-25-56-31)41(55)58-42(3,4)5)23-22-46(11)33(39(32)48)14-15-35-45(10)19-18-36(57-38(52)27-43(6,7)40(53)54)44(8,9)34(45)17-20-47(35,46)12/h31-36,39H,1,14-29H2,2-13H3,(H,53,54)/t31?,32-,33+,34?,35?,36-,39+,45-,46+,47+,48+/m0/s1. The molecule has 6 rings (SSSR count). The molecular formula is C48H78N2O8. The Morgan fingerprint density at radius 1 is 0.879 bits per heavy atom. The Kier molecular flexibility index (Phi) is 11.9. The van der Waals surface area contributed by atoms with Gasteiger partial charge < -0.3 is 29.1 Å². The Balaban J connectivity index is 1.18. The molecule has 328 valence electrons. The average molecular weight is 811 g/mol. The Bertz CT molecular complexity index is 1630. The highest BCUT2D eigenvalue weighted by molar-refractivity contribution is 5.81. The first-order valence-corrected chi connectivity index (χ1v) is 22.6. The lowest BCUT2D eigenvalue weighted by Gasteiger charge is -2.73. The molecule has 10 heteroatoms. The van der Waals surface area contributed by atoms with E-state index < -0.39 is 23.0 Å².